The second kappa shape index (κ2) is 14.3. The van der Waals surface area contributed by atoms with E-state index < -0.39 is 0 Å². The number of aromatic nitrogens is 1. The lowest BCUT2D eigenvalue weighted by Gasteiger charge is -2.28. The van der Waals surface area contributed by atoms with Crippen LogP contribution in [-0.4, -0.2) is 39.3 Å². The van der Waals surface area contributed by atoms with Crippen LogP contribution in [0.25, 0.3) is 0 Å². The fourth-order valence-corrected chi connectivity index (χ4v) is 4.33. The van der Waals surface area contributed by atoms with Crippen LogP contribution in [-0.2, 0) is 31.4 Å². The van der Waals surface area contributed by atoms with Gasteiger partial charge in [0.05, 0.1) is 6.54 Å². The van der Waals surface area contributed by atoms with Crippen LogP contribution >= 0.6 is 0 Å². The molecular weight excluding hydrogens is 446 g/mol. The highest BCUT2D eigenvalue weighted by molar-refractivity contribution is 5.96. The van der Waals surface area contributed by atoms with Gasteiger partial charge in [-0.15, -0.1) is 0 Å². The minimum absolute atomic E-state index is 0.0410. The van der Waals surface area contributed by atoms with E-state index in [0.717, 1.165) is 30.5 Å². The quantitative estimate of drug-likeness (QED) is 0.253. The minimum Gasteiger partial charge on any atom is -0.353 e. The maximum absolute atomic E-state index is 13.6. The Bertz CT molecular complexity index is 1070. The van der Waals surface area contributed by atoms with Crippen molar-refractivity contribution >= 4 is 11.8 Å². The summed E-state index contributed by atoms with van der Waals surface area (Å²) >= 11 is 0. The summed E-state index contributed by atoms with van der Waals surface area (Å²) in [5.74, 6) is -0.115. The molecule has 0 bridgehead atoms. The molecular formula is C31H41N3O2. The molecule has 3 rings (SSSR count). The first-order chi connectivity index (χ1) is 17.5. The summed E-state index contributed by atoms with van der Waals surface area (Å²) in [4.78, 5) is 30.7. The fourth-order valence-electron chi connectivity index (χ4n) is 4.33. The molecule has 0 aliphatic rings. The molecule has 0 fully saturated rings. The van der Waals surface area contributed by atoms with Crippen LogP contribution < -0.4 is 0 Å². The molecule has 0 aliphatic carbocycles. The normalized spacial score (nSPS) is 10.9. The molecule has 0 unspecified atom stereocenters. The second-order valence-electron chi connectivity index (χ2n) is 9.58. The molecule has 0 aliphatic heterocycles. The number of carbonyl (C=O) groups excluding carboxylic acids is 2. The van der Waals surface area contributed by atoms with E-state index >= 15 is 0 Å². The van der Waals surface area contributed by atoms with Gasteiger partial charge in [-0.2, -0.15) is 0 Å². The van der Waals surface area contributed by atoms with Crippen molar-refractivity contribution in [3.63, 3.8) is 0 Å². The Morgan fingerprint density at radius 2 is 1.47 bits per heavy atom. The number of benzene rings is 2. The Morgan fingerprint density at radius 1 is 0.750 bits per heavy atom. The molecule has 5 heteroatoms. The van der Waals surface area contributed by atoms with E-state index in [1.54, 1.807) is 4.90 Å². The second-order valence-corrected chi connectivity index (χ2v) is 9.58. The van der Waals surface area contributed by atoms with Gasteiger partial charge < -0.3 is 14.4 Å². The van der Waals surface area contributed by atoms with Gasteiger partial charge in [0.25, 0.3) is 5.91 Å². The predicted molar refractivity (Wildman–Crippen MR) is 147 cm³/mol. The SMILES string of the molecule is CCCCCc1ccc(C(=O)N(CCCC)CC(=O)N(Cc2ccccc2)Cc2cccn2C)cc1. The molecule has 5 nitrogen and oxygen atoms in total. The van der Waals surface area contributed by atoms with Gasteiger partial charge in [-0.25, -0.2) is 0 Å². The van der Waals surface area contributed by atoms with Gasteiger partial charge in [-0.05, 0) is 54.7 Å². The number of carbonyl (C=O) groups is 2. The van der Waals surface area contributed by atoms with E-state index in [0.29, 0.717) is 25.2 Å². The van der Waals surface area contributed by atoms with Gasteiger partial charge in [0.15, 0.2) is 0 Å². The smallest absolute Gasteiger partial charge is 0.254 e. The summed E-state index contributed by atoms with van der Waals surface area (Å²) in [5.41, 5.74) is 4.04. The molecule has 192 valence electrons. The Morgan fingerprint density at radius 3 is 2.11 bits per heavy atom. The molecule has 3 aromatic rings. The van der Waals surface area contributed by atoms with Crippen molar-refractivity contribution in [2.24, 2.45) is 7.05 Å². The van der Waals surface area contributed by atoms with Gasteiger partial charge in [0.2, 0.25) is 5.91 Å². The van der Waals surface area contributed by atoms with E-state index in [1.165, 1.54) is 24.8 Å². The van der Waals surface area contributed by atoms with Crippen molar-refractivity contribution in [1.29, 1.82) is 0 Å². The Balaban J connectivity index is 1.75. The Hall–Kier alpha value is -3.34. The molecule has 0 saturated heterocycles. The summed E-state index contributed by atoms with van der Waals surface area (Å²) < 4.78 is 2.04. The van der Waals surface area contributed by atoms with E-state index in [4.69, 9.17) is 0 Å². The molecule has 0 spiro atoms. The summed E-state index contributed by atoms with van der Waals surface area (Å²) in [6.45, 7) is 5.96. The van der Waals surface area contributed by atoms with Crippen molar-refractivity contribution in [2.45, 2.75) is 65.5 Å². The third-order valence-corrected chi connectivity index (χ3v) is 6.64. The molecule has 0 radical (unpaired) electrons. The third-order valence-electron chi connectivity index (χ3n) is 6.64. The van der Waals surface area contributed by atoms with E-state index in [-0.39, 0.29) is 18.4 Å². The zero-order valence-corrected chi connectivity index (χ0v) is 22.2. The van der Waals surface area contributed by atoms with Crippen molar-refractivity contribution < 1.29 is 9.59 Å². The zero-order chi connectivity index (χ0) is 25.8. The summed E-state index contributed by atoms with van der Waals surface area (Å²) in [6, 6.07) is 22.0. The number of aryl methyl sites for hydroxylation is 2. The molecule has 36 heavy (non-hydrogen) atoms. The number of unbranched alkanes of at least 4 members (excludes halogenated alkanes) is 3. The van der Waals surface area contributed by atoms with E-state index in [9.17, 15) is 9.59 Å². The highest BCUT2D eigenvalue weighted by Gasteiger charge is 2.23. The van der Waals surface area contributed by atoms with Crippen molar-refractivity contribution in [3.8, 4) is 0 Å². The Kier molecular flexibility index (Phi) is 10.8. The van der Waals surface area contributed by atoms with Crippen molar-refractivity contribution in [2.75, 3.05) is 13.1 Å². The van der Waals surface area contributed by atoms with Crippen LogP contribution in [0.1, 0.15) is 73.1 Å². The monoisotopic (exact) mass is 487 g/mol. The third kappa shape index (κ3) is 8.11. The topological polar surface area (TPSA) is 45.6 Å². The molecule has 2 amide bonds. The standard InChI is InChI=1S/C31H41N3O2/c1-4-6-9-13-26-17-19-28(20-18-26)31(36)33(22-7-5-2)25-30(35)34(23-27-14-10-8-11-15-27)24-29-16-12-21-32(29)3/h8,10-12,14-21H,4-7,9,13,22-25H2,1-3H3. The largest absolute Gasteiger partial charge is 0.353 e. The predicted octanol–water partition coefficient (Wildman–Crippen LogP) is 6.23. The molecule has 0 atom stereocenters. The molecule has 1 heterocycles. The first-order valence-electron chi connectivity index (χ1n) is 13.3. The van der Waals surface area contributed by atoms with Crippen LogP contribution in [0.15, 0.2) is 72.9 Å². The fraction of sp³-hybridized carbons (Fsp3) is 0.419. The van der Waals surface area contributed by atoms with Crippen LogP contribution in [0, 0.1) is 0 Å². The maximum atomic E-state index is 13.6. The Labute approximate surface area is 216 Å². The number of hydrogen-bond acceptors (Lipinski definition) is 2. The highest BCUT2D eigenvalue weighted by atomic mass is 16.2. The summed E-state index contributed by atoms with van der Waals surface area (Å²) in [6.07, 6.45) is 8.44. The molecule has 0 N–H and O–H groups in total. The number of rotatable bonds is 14. The maximum Gasteiger partial charge on any atom is 0.254 e. The zero-order valence-electron chi connectivity index (χ0n) is 22.2. The number of nitrogens with zero attached hydrogens (tertiary/aromatic N) is 3. The average Bonchev–Trinajstić information content (AvgIpc) is 3.31. The molecule has 2 aromatic carbocycles. The summed E-state index contributed by atoms with van der Waals surface area (Å²) in [5, 5.41) is 0. The first-order valence-corrected chi connectivity index (χ1v) is 13.3. The van der Waals surface area contributed by atoms with Crippen molar-refractivity contribution in [3.05, 3.63) is 95.3 Å². The molecule has 1 aromatic heterocycles. The lowest BCUT2D eigenvalue weighted by atomic mass is 10.0. The van der Waals surface area contributed by atoms with Crippen LogP contribution in [0.4, 0.5) is 0 Å². The minimum atomic E-state index is -0.0737. The van der Waals surface area contributed by atoms with Gasteiger partial charge in [0, 0.05) is 37.6 Å². The van der Waals surface area contributed by atoms with Gasteiger partial charge >= 0.3 is 0 Å². The van der Waals surface area contributed by atoms with Gasteiger partial charge in [-0.3, -0.25) is 9.59 Å². The van der Waals surface area contributed by atoms with Crippen LogP contribution in [0.2, 0.25) is 0 Å². The van der Waals surface area contributed by atoms with Crippen molar-refractivity contribution in [1.82, 2.24) is 14.4 Å². The van der Waals surface area contributed by atoms with Crippen LogP contribution in [0.3, 0.4) is 0 Å². The summed E-state index contributed by atoms with van der Waals surface area (Å²) in [7, 11) is 1.99. The highest BCUT2D eigenvalue weighted by Crippen LogP contribution is 2.15. The van der Waals surface area contributed by atoms with E-state index in [2.05, 4.69) is 26.0 Å². The van der Waals surface area contributed by atoms with Crippen LogP contribution in [0.5, 0.6) is 0 Å². The number of hydrogen-bond donors (Lipinski definition) is 0. The average molecular weight is 488 g/mol. The number of amides is 2. The lowest BCUT2D eigenvalue weighted by molar-refractivity contribution is -0.133. The van der Waals surface area contributed by atoms with Gasteiger partial charge in [-0.1, -0.05) is 75.6 Å². The lowest BCUT2D eigenvalue weighted by Crippen LogP contribution is -2.43. The van der Waals surface area contributed by atoms with E-state index in [1.807, 2.05) is 77.3 Å². The van der Waals surface area contributed by atoms with Gasteiger partial charge in [0.1, 0.15) is 6.54 Å². The molecule has 0 saturated carbocycles. The first kappa shape index (κ1) is 27.3.